The van der Waals surface area contributed by atoms with Gasteiger partial charge in [-0.15, -0.1) is 0 Å². The van der Waals surface area contributed by atoms with Crippen molar-refractivity contribution >= 4 is 11.6 Å². The van der Waals surface area contributed by atoms with Crippen molar-refractivity contribution in [1.29, 1.82) is 0 Å². The van der Waals surface area contributed by atoms with Gasteiger partial charge in [-0.1, -0.05) is 6.92 Å². The van der Waals surface area contributed by atoms with Crippen LogP contribution in [0.15, 0.2) is 0 Å². The van der Waals surface area contributed by atoms with Crippen LogP contribution in [0.4, 0.5) is 11.6 Å². The maximum absolute atomic E-state index is 8.99. The van der Waals surface area contributed by atoms with Crippen molar-refractivity contribution in [2.24, 2.45) is 5.84 Å². The van der Waals surface area contributed by atoms with Gasteiger partial charge in [0.2, 0.25) is 0 Å². The number of hydrazine groups is 1. The lowest BCUT2D eigenvalue weighted by Crippen LogP contribution is -2.22. The summed E-state index contributed by atoms with van der Waals surface area (Å²) in [4.78, 5) is 8.61. The maximum Gasteiger partial charge on any atom is 0.148 e. The van der Waals surface area contributed by atoms with Gasteiger partial charge in [0.15, 0.2) is 0 Å². The second-order valence-corrected chi connectivity index (χ2v) is 3.69. The molecule has 6 heteroatoms. The van der Waals surface area contributed by atoms with Gasteiger partial charge >= 0.3 is 0 Å². The normalized spacial score (nSPS) is 12.3. The number of hydrogen-bond donors (Lipinski definition) is 4. The molecule has 0 spiro atoms. The molecule has 0 amide bonds. The van der Waals surface area contributed by atoms with Crippen molar-refractivity contribution in [3.63, 3.8) is 0 Å². The van der Waals surface area contributed by atoms with Gasteiger partial charge in [0.05, 0.1) is 6.61 Å². The first-order chi connectivity index (χ1) is 7.62. The van der Waals surface area contributed by atoms with Gasteiger partial charge in [0.1, 0.15) is 17.5 Å². The van der Waals surface area contributed by atoms with Gasteiger partial charge in [-0.2, -0.15) is 0 Å². The van der Waals surface area contributed by atoms with Crippen LogP contribution in [-0.4, -0.2) is 27.7 Å². The van der Waals surface area contributed by atoms with E-state index in [9.17, 15) is 0 Å². The Kier molecular flexibility index (Phi) is 4.45. The van der Waals surface area contributed by atoms with Crippen LogP contribution in [0, 0.1) is 6.92 Å². The van der Waals surface area contributed by atoms with Gasteiger partial charge in [-0.05, 0) is 13.8 Å². The standard InChI is InChI=1S/C10H19N5O/c1-4-8-13-9(12-6(2)5-16)7(3)10(14-8)15-11/h6,16H,4-5,11H2,1-3H3,(H2,12,13,14,15). The number of aliphatic hydroxyl groups is 1. The molecule has 90 valence electrons. The number of aliphatic hydroxyl groups excluding tert-OH is 1. The van der Waals surface area contributed by atoms with E-state index in [1.165, 1.54) is 0 Å². The molecule has 0 aliphatic carbocycles. The van der Waals surface area contributed by atoms with E-state index >= 15 is 0 Å². The van der Waals surface area contributed by atoms with Crippen LogP contribution < -0.4 is 16.6 Å². The summed E-state index contributed by atoms with van der Waals surface area (Å²) >= 11 is 0. The van der Waals surface area contributed by atoms with Gasteiger partial charge in [0.25, 0.3) is 0 Å². The number of nitrogens with two attached hydrogens (primary N) is 1. The zero-order chi connectivity index (χ0) is 12.1. The number of nitrogen functional groups attached to an aromatic ring is 1. The van der Waals surface area contributed by atoms with E-state index in [1.807, 2.05) is 20.8 Å². The Bertz CT molecular complexity index is 355. The Morgan fingerprint density at radius 1 is 1.38 bits per heavy atom. The highest BCUT2D eigenvalue weighted by atomic mass is 16.3. The number of hydrogen-bond acceptors (Lipinski definition) is 6. The lowest BCUT2D eigenvalue weighted by atomic mass is 10.2. The second kappa shape index (κ2) is 5.62. The quantitative estimate of drug-likeness (QED) is 0.428. The molecular formula is C10H19N5O. The van der Waals surface area contributed by atoms with E-state index in [4.69, 9.17) is 10.9 Å². The predicted octanol–water partition coefficient (Wildman–Crippen LogP) is 0.426. The fourth-order valence-electron chi connectivity index (χ4n) is 1.28. The maximum atomic E-state index is 8.99. The number of rotatable bonds is 5. The zero-order valence-electron chi connectivity index (χ0n) is 9.91. The fourth-order valence-corrected chi connectivity index (χ4v) is 1.28. The molecule has 6 nitrogen and oxygen atoms in total. The molecule has 0 aliphatic rings. The largest absolute Gasteiger partial charge is 0.394 e. The summed E-state index contributed by atoms with van der Waals surface area (Å²) in [5, 5.41) is 12.1. The first-order valence-electron chi connectivity index (χ1n) is 5.33. The summed E-state index contributed by atoms with van der Waals surface area (Å²) in [6.45, 7) is 5.78. The first-order valence-corrected chi connectivity index (χ1v) is 5.33. The molecule has 1 aromatic heterocycles. The molecule has 0 aromatic carbocycles. The summed E-state index contributed by atoms with van der Waals surface area (Å²) in [5.74, 6) is 7.42. The summed E-state index contributed by atoms with van der Waals surface area (Å²) in [6.07, 6.45) is 0.733. The minimum Gasteiger partial charge on any atom is -0.394 e. The summed E-state index contributed by atoms with van der Waals surface area (Å²) < 4.78 is 0. The lowest BCUT2D eigenvalue weighted by Gasteiger charge is -2.16. The van der Waals surface area contributed by atoms with Gasteiger partial charge < -0.3 is 15.8 Å². The van der Waals surface area contributed by atoms with E-state index in [-0.39, 0.29) is 12.6 Å². The van der Waals surface area contributed by atoms with E-state index in [0.29, 0.717) is 17.5 Å². The highest BCUT2D eigenvalue weighted by Gasteiger charge is 2.11. The molecule has 1 unspecified atom stereocenters. The SMILES string of the molecule is CCc1nc(NN)c(C)c(NC(C)CO)n1. The average molecular weight is 225 g/mol. The minimum absolute atomic E-state index is 0.0519. The van der Waals surface area contributed by atoms with E-state index in [2.05, 4.69) is 20.7 Å². The Labute approximate surface area is 95.3 Å². The molecular weight excluding hydrogens is 206 g/mol. The minimum atomic E-state index is -0.0519. The molecule has 0 fully saturated rings. The third-order valence-electron chi connectivity index (χ3n) is 2.30. The van der Waals surface area contributed by atoms with E-state index in [0.717, 1.165) is 12.0 Å². The topological polar surface area (TPSA) is 96.1 Å². The van der Waals surface area contributed by atoms with Crippen molar-refractivity contribution in [2.75, 3.05) is 17.3 Å². The van der Waals surface area contributed by atoms with E-state index < -0.39 is 0 Å². The summed E-state index contributed by atoms with van der Waals surface area (Å²) in [6, 6.07) is -0.0519. The number of aryl methyl sites for hydroxylation is 1. The highest BCUT2D eigenvalue weighted by molar-refractivity contribution is 5.57. The monoisotopic (exact) mass is 225 g/mol. The van der Waals surface area contributed by atoms with Crippen LogP contribution in [0.25, 0.3) is 0 Å². The molecule has 0 radical (unpaired) electrons. The second-order valence-electron chi connectivity index (χ2n) is 3.69. The van der Waals surface area contributed by atoms with Crippen LogP contribution in [-0.2, 0) is 6.42 Å². The number of nitrogens with zero attached hydrogens (tertiary/aromatic N) is 2. The molecule has 0 aliphatic heterocycles. The number of nitrogens with one attached hydrogen (secondary N) is 2. The average Bonchev–Trinajstić information content (AvgIpc) is 2.31. The first kappa shape index (κ1) is 12.7. The molecule has 1 aromatic rings. The van der Waals surface area contributed by atoms with Crippen molar-refractivity contribution in [1.82, 2.24) is 9.97 Å². The molecule has 1 atom stereocenters. The van der Waals surface area contributed by atoms with Crippen molar-refractivity contribution < 1.29 is 5.11 Å². The molecule has 1 rings (SSSR count). The van der Waals surface area contributed by atoms with Crippen molar-refractivity contribution in [3.8, 4) is 0 Å². The third kappa shape index (κ3) is 2.80. The van der Waals surface area contributed by atoms with Crippen LogP contribution >= 0.6 is 0 Å². The van der Waals surface area contributed by atoms with Crippen molar-refractivity contribution in [3.05, 3.63) is 11.4 Å². The Morgan fingerprint density at radius 3 is 2.50 bits per heavy atom. The smallest absolute Gasteiger partial charge is 0.148 e. The third-order valence-corrected chi connectivity index (χ3v) is 2.30. The van der Waals surface area contributed by atoms with Crippen LogP contribution in [0.1, 0.15) is 25.2 Å². The van der Waals surface area contributed by atoms with Crippen LogP contribution in [0.2, 0.25) is 0 Å². The summed E-state index contributed by atoms with van der Waals surface area (Å²) in [7, 11) is 0. The van der Waals surface area contributed by atoms with Crippen LogP contribution in [0.3, 0.4) is 0 Å². The molecule has 5 N–H and O–H groups in total. The predicted molar refractivity (Wildman–Crippen MR) is 64.1 cm³/mol. The fraction of sp³-hybridized carbons (Fsp3) is 0.600. The lowest BCUT2D eigenvalue weighted by molar-refractivity contribution is 0.281. The molecule has 0 saturated carbocycles. The Hall–Kier alpha value is -1.40. The Balaban J connectivity index is 3.05. The van der Waals surface area contributed by atoms with Gasteiger partial charge in [0, 0.05) is 18.0 Å². The highest BCUT2D eigenvalue weighted by Crippen LogP contribution is 2.19. The number of anilines is 2. The zero-order valence-corrected chi connectivity index (χ0v) is 9.91. The molecule has 0 saturated heterocycles. The summed E-state index contributed by atoms with van der Waals surface area (Å²) in [5.41, 5.74) is 3.40. The number of aromatic nitrogens is 2. The van der Waals surface area contributed by atoms with E-state index in [1.54, 1.807) is 0 Å². The van der Waals surface area contributed by atoms with Gasteiger partial charge in [-0.3, -0.25) is 0 Å². The van der Waals surface area contributed by atoms with Crippen molar-refractivity contribution in [2.45, 2.75) is 33.2 Å². The van der Waals surface area contributed by atoms with Crippen LogP contribution in [0.5, 0.6) is 0 Å². The van der Waals surface area contributed by atoms with Gasteiger partial charge in [-0.25, -0.2) is 15.8 Å². The molecule has 0 bridgehead atoms. The molecule has 16 heavy (non-hydrogen) atoms. The molecule has 1 heterocycles. The Morgan fingerprint density at radius 2 is 2.00 bits per heavy atom.